The van der Waals surface area contributed by atoms with Crippen LogP contribution in [0.3, 0.4) is 0 Å². The minimum atomic E-state index is -0.309. The summed E-state index contributed by atoms with van der Waals surface area (Å²) >= 11 is 3.55. The molecule has 0 saturated heterocycles. The molecule has 1 N–H and O–H groups in total. The van der Waals surface area contributed by atoms with Gasteiger partial charge >= 0.3 is 0 Å². The van der Waals surface area contributed by atoms with Crippen LogP contribution >= 0.6 is 15.9 Å². The van der Waals surface area contributed by atoms with Gasteiger partial charge in [-0.3, -0.25) is 9.38 Å². The van der Waals surface area contributed by atoms with E-state index in [0.29, 0.717) is 34.6 Å². The summed E-state index contributed by atoms with van der Waals surface area (Å²) in [6.07, 6.45) is 3.70. The van der Waals surface area contributed by atoms with E-state index in [1.807, 2.05) is 72.1 Å². The van der Waals surface area contributed by atoms with Gasteiger partial charge < -0.3 is 9.73 Å². The lowest BCUT2D eigenvalue weighted by atomic mass is 10.1. The number of benzene rings is 3. The third kappa shape index (κ3) is 4.50. The zero-order chi connectivity index (χ0) is 27.2. The van der Waals surface area contributed by atoms with E-state index in [1.165, 1.54) is 12.1 Å². The topological polar surface area (TPSA) is 81.1 Å². The summed E-state index contributed by atoms with van der Waals surface area (Å²) in [6.45, 7) is 2.03. The van der Waals surface area contributed by atoms with Crippen molar-refractivity contribution in [1.82, 2.24) is 24.6 Å². The van der Waals surface area contributed by atoms with Gasteiger partial charge in [-0.2, -0.15) is 0 Å². The highest BCUT2D eigenvalue weighted by atomic mass is 79.9. The summed E-state index contributed by atoms with van der Waals surface area (Å²) in [6, 6.07) is 25.9. The van der Waals surface area contributed by atoms with Crippen LogP contribution in [0.15, 0.2) is 106 Å². The normalized spacial score (nSPS) is 11.4. The predicted octanol–water partition coefficient (Wildman–Crippen LogP) is 8.22. The fraction of sp³-hybridized carbons (Fsp3) is 0.0323. The quantitative estimate of drug-likeness (QED) is 0.217. The standard InChI is InChI=1S/C31H20BrFN6O/c1-18-2-4-19(5-3-18)30-37-38-31(40-30)20-6-13-27-36-28(22-14-21-15-23(32)7-12-26(21)34-16-22)29(39(27)17-20)35-25-10-8-24(33)9-11-25/h2-17,35H,1H3. The Morgan fingerprint density at radius 1 is 0.825 bits per heavy atom. The van der Waals surface area contributed by atoms with Gasteiger partial charge in [0, 0.05) is 39.1 Å². The Morgan fingerprint density at radius 3 is 2.38 bits per heavy atom. The average Bonchev–Trinajstić information content (AvgIpc) is 3.60. The zero-order valence-electron chi connectivity index (χ0n) is 21.1. The van der Waals surface area contributed by atoms with E-state index in [-0.39, 0.29) is 5.82 Å². The number of hydrogen-bond acceptors (Lipinski definition) is 6. The molecule has 0 aliphatic rings. The molecule has 0 aliphatic carbocycles. The van der Waals surface area contributed by atoms with Gasteiger partial charge in [-0.15, -0.1) is 10.2 Å². The van der Waals surface area contributed by atoms with Crippen molar-refractivity contribution in [1.29, 1.82) is 0 Å². The number of aryl methyl sites for hydroxylation is 1. The second-order valence-electron chi connectivity index (χ2n) is 9.43. The molecular formula is C31H20BrFN6O. The first-order chi connectivity index (χ1) is 19.5. The van der Waals surface area contributed by atoms with Crippen molar-refractivity contribution in [2.45, 2.75) is 6.92 Å². The van der Waals surface area contributed by atoms with Crippen molar-refractivity contribution in [3.8, 4) is 34.2 Å². The summed E-state index contributed by atoms with van der Waals surface area (Å²) in [5, 5.41) is 13.0. The van der Waals surface area contributed by atoms with Crippen molar-refractivity contribution in [3.63, 3.8) is 0 Å². The van der Waals surface area contributed by atoms with Crippen LogP contribution in [-0.4, -0.2) is 24.6 Å². The lowest BCUT2D eigenvalue weighted by molar-refractivity contribution is 0.584. The molecule has 0 spiro atoms. The molecule has 7 rings (SSSR count). The first-order valence-corrected chi connectivity index (χ1v) is 13.3. The highest BCUT2D eigenvalue weighted by molar-refractivity contribution is 9.10. The lowest BCUT2D eigenvalue weighted by Crippen LogP contribution is -1.98. The smallest absolute Gasteiger partial charge is 0.249 e. The number of imidazole rings is 1. The molecule has 0 bridgehead atoms. The van der Waals surface area contributed by atoms with E-state index < -0.39 is 0 Å². The molecule has 0 aliphatic heterocycles. The fourth-order valence-corrected chi connectivity index (χ4v) is 4.93. The van der Waals surface area contributed by atoms with E-state index in [9.17, 15) is 4.39 Å². The molecule has 0 fully saturated rings. The first kappa shape index (κ1) is 24.2. The molecule has 0 saturated carbocycles. The Labute approximate surface area is 236 Å². The van der Waals surface area contributed by atoms with Crippen molar-refractivity contribution < 1.29 is 8.81 Å². The van der Waals surface area contributed by atoms with Crippen LogP contribution < -0.4 is 5.32 Å². The number of nitrogens with zero attached hydrogens (tertiary/aromatic N) is 5. The second kappa shape index (κ2) is 9.69. The van der Waals surface area contributed by atoms with Crippen molar-refractivity contribution in [3.05, 3.63) is 113 Å². The monoisotopic (exact) mass is 590 g/mol. The van der Waals surface area contributed by atoms with Crippen molar-refractivity contribution >= 4 is 44.0 Å². The number of aromatic nitrogens is 5. The lowest BCUT2D eigenvalue weighted by Gasteiger charge is -2.10. The average molecular weight is 591 g/mol. The molecular weight excluding hydrogens is 571 g/mol. The molecule has 194 valence electrons. The number of pyridine rings is 2. The number of fused-ring (bicyclic) bond motifs is 2. The molecule has 0 radical (unpaired) electrons. The number of rotatable bonds is 5. The third-order valence-electron chi connectivity index (χ3n) is 6.61. The highest BCUT2D eigenvalue weighted by Gasteiger charge is 2.18. The number of hydrogen-bond donors (Lipinski definition) is 1. The highest BCUT2D eigenvalue weighted by Crippen LogP contribution is 2.34. The maximum atomic E-state index is 13.6. The molecule has 4 aromatic heterocycles. The summed E-state index contributed by atoms with van der Waals surface area (Å²) in [5.74, 6) is 1.21. The predicted molar refractivity (Wildman–Crippen MR) is 157 cm³/mol. The summed E-state index contributed by atoms with van der Waals surface area (Å²) in [4.78, 5) is 9.58. The van der Waals surface area contributed by atoms with Crippen LogP contribution in [0.1, 0.15) is 5.56 Å². The Balaban J connectivity index is 1.36. The zero-order valence-corrected chi connectivity index (χ0v) is 22.7. The van der Waals surface area contributed by atoms with Crippen LogP contribution in [-0.2, 0) is 0 Å². The minimum absolute atomic E-state index is 0.309. The van der Waals surface area contributed by atoms with Gasteiger partial charge in [0.05, 0.1) is 11.1 Å². The molecule has 4 heterocycles. The molecule has 40 heavy (non-hydrogen) atoms. The van der Waals surface area contributed by atoms with Crippen LogP contribution in [0, 0.1) is 12.7 Å². The van der Waals surface area contributed by atoms with Gasteiger partial charge in [0.15, 0.2) is 0 Å². The van der Waals surface area contributed by atoms with Crippen LogP contribution in [0.2, 0.25) is 0 Å². The van der Waals surface area contributed by atoms with E-state index in [0.717, 1.165) is 37.6 Å². The van der Waals surface area contributed by atoms with Gasteiger partial charge in [-0.05, 0) is 79.7 Å². The van der Waals surface area contributed by atoms with Crippen LogP contribution in [0.25, 0.3) is 50.7 Å². The molecule has 7 nitrogen and oxygen atoms in total. The Bertz CT molecular complexity index is 2020. The van der Waals surface area contributed by atoms with Gasteiger partial charge in [-0.1, -0.05) is 33.6 Å². The number of halogens is 2. The van der Waals surface area contributed by atoms with Crippen molar-refractivity contribution in [2.24, 2.45) is 0 Å². The summed E-state index contributed by atoms with van der Waals surface area (Å²) in [5.41, 5.74) is 6.56. The van der Waals surface area contributed by atoms with Gasteiger partial charge in [-0.25, -0.2) is 9.37 Å². The fourth-order valence-electron chi connectivity index (χ4n) is 4.55. The Kier molecular flexibility index (Phi) is 5.86. The molecule has 0 amide bonds. The third-order valence-corrected chi connectivity index (χ3v) is 7.11. The van der Waals surface area contributed by atoms with Gasteiger partial charge in [0.25, 0.3) is 0 Å². The summed E-state index contributed by atoms with van der Waals surface area (Å²) < 4.78 is 22.6. The van der Waals surface area contributed by atoms with Gasteiger partial charge in [0.1, 0.15) is 23.0 Å². The van der Waals surface area contributed by atoms with Gasteiger partial charge in [0.2, 0.25) is 11.8 Å². The molecule has 0 unspecified atom stereocenters. The Hall–Kier alpha value is -4.89. The molecule has 0 atom stereocenters. The van der Waals surface area contributed by atoms with E-state index >= 15 is 0 Å². The molecule has 9 heteroatoms. The first-order valence-electron chi connectivity index (χ1n) is 12.5. The van der Waals surface area contributed by atoms with Crippen LogP contribution in [0.5, 0.6) is 0 Å². The second-order valence-corrected chi connectivity index (χ2v) is 10.3. The molecule has 3 aromatic carbocycles. The van der Waals surface area contributed by atoms with Crippen molar-refractivity contribution in [2.75, 3.05) is 5.32 Å². The number of anilines is 2. The molecule has 7 aromatic rings. The Morgan fingerprint density at radius 2 is 1.57 bits per heavy atom. The summed E-state index contributed by atoms with van der Waals surface area (Å²) in [7, 11) is 0. The number of nitrogens with one attached hydrogen (secondary N) is 1. The van der Waals surface area contributed by atoms with E-state index in [1.54, 1.807) is 18.3 Å². The largest absolute Gasteiger partial charge is 0.416 e. The van der Waals surface area contributed by atoms with E-state index in [4.69, 9.17) is 9.40 Å². The maximum Gasteiger partial charge on any atom is 0.249 e. The van der Waals surface area contributed by atoms with Crippen LogP contribution in [0.4, 0.5) is 15.9 Å². The van der Waals surface area contributed by atoms with E-state index in [2.05, 4.69) is 42.5 Å². The maximum absolute atomic E-state index is 13.6. The SMILES string of the molecule is Cc1ccc(-c2nnc(-c3ccc4nc(-c5cnc6ccc(Br)cc6c5)c(Nc5ccc(F)cc5)n4c3)o2)cc1. The minimum Gasteiger partial charge on any atom is -0.416 e.